The van der Waals surface area contributed by atoms with Gasteiger partial charge in [-0.05, 0) is 63.3 Å². The molecule has 5 rings (SSSR count). The summed E-state index contributed by atoms with van der Waals surface area (Å²) in [5.41, 5.74) is 2.39. The Bertz CT molecular complexity index is 1340. The number of aryl methyl sites for hydroxylation is 2. The maximum absolute atomic E-state index is 15.0. The highest BCUT2D eigenvalue weighted by Crippen LogP contribution is 2.27. The van der Waals surface area contributed by atoms with Gasteiger partial charge in [0.05, 0.1) is 11.7 Å². The lowest BCUT2D eigenvalue weighted by molar-refractivity contribution is 0.222. The molecule has 0 bridgehead atoms. The van der Waals surface area contributed by atoms with E-state index in [1.807, 2.05) is 22.9 Å². The molecule has 2 N–H and O–H groups in total. The minimum Gasteiger partial charge on any atom is -0.351 e. The number of nitrogens with zero attached hydrogens (tertiary/aromatic N) is 6. The first-order valence-electron chi connectivity index (χ1n) is 13.2. The Morgan fingerprint density at radius 1 is 1.32 bits per heavy atom. The third kappa shape index (κ3) is 5.81. The van der Waals surface area contributed by atoms with Gasteiger partial charge in [0.2, 0.25) is 0 Å². The van der Waals surface area contributed by atoms with E-state index < -0.39 is 11.6 Å². The van der Waals surface area contributed by atoms with Gasteiger partial charge in [0.15, 0.2) is 11.6 Å². The van der Waals surface area contributed by atoms with E-state index in [0.717, 1.165) is 56.6 Å². The molecule has 0 radical (unpaired) electrons. The van der Waals surface area contributed by atoms with Gasteiger partial charge in [-0.25, -0.2) is 18.7 Å². The Morgan fingerprint density at radius 2 is 2.21 bits per heavy atom. The largest absolute Gasteiger partial charge is 0.351 e. The second-order valence-electron chi connectivity index (χ2n) is 9.93. The first-order valence-corrected chi connectivity index (χ1v) is 13.2. The quantitative estimate of drug-likeness (QED) is 0.407. The van der Waals surface area contributed by atoms with Crippen molar-refractivity contribution < 1.29 is 8.78 Å². The standard InChI is InChI=1S/C28H34F2N8/c1-31-16-23(30)27(20-12-22(29)28-24(13-20)38-11-5-7-26(38)36-28)35-18-34-25-9-8-19(14-33-25)17-37(2)21-6-3-4-10-32-15-21/h8-9,12-14,16,21,32H,1,3-7,10-11,15,17-18H2,2H3,(H,33,34)/b23-16+,35-27?. The van der Waals surface area contributed by atoms with E-state index in [1.165, 1.54) is 25.3 Å². The zero-order valence-corrected chi connectivity index (χ0v) is 21.8. The average molecular weight is 521 g/mol. The Labute approximate surface area is 221 Å². The molecule has 2 aromatic heterocycles. The molecule has 38 heavy (non-hydrogen) atoms. The Kier molecular flexibility index (Phi) is 8.19. The molecule has 0 amide bonds. The SMILES string of the molecule is C=N/C=C(/F)C(=NCNc1ccc(CN(C)C2CCCCNC2)cn1)c1cc(F)c2nc3n(c2c1)CCC3. The smallest absolute Gasteiger partial charge is 0.167 e. The lowest BCUT2D eigenvalue weighted by atomic mass is 10.1. The number of rotatable bonds is 9. The highest BCUT2D eigenvalue weighted by Gasteiger charge is 2.21. The number of likely N-dealkylation sites (N-methyl/N-ethyl adjacent to an activating group) is 1. The summed E-state index contributed by atoms with van der Waals surface area (Å²) in [6.07, 6.45) is 8.27. The van der Waals surface area contributed by atoms with Crippen LogP contribution in [0, 0.1) is 5.82 Å². The highest BCUT2D eigenvalue weighted by atomic mass is 19.1. The van der Waals surface area contributed by atoms with E-state index in [4.69, 9.17) is 0 Å². The summed E-state index contributed by atoms with van der Waals surface area (Å²) in [4.78, 5) is 19.2. The van der Waals surface area contributed by atoms with Crippen LogP contribution in [0.2, 0.25) is 0 Å². The fraction of sp³-hybridized carbons (Fsp3) is 0.429. The number of pyridine rings is 1. The van der Waals surface area contributed by atoms with Crippen molar-refractivity contribution >= 4 is 29.3 Å². The molecule has 8 nitrogen and oxygen atoms in total. The van der Waals surface area contributed by atoms with Crippen molar-refractivity contribution in [3.63, 3.8) is 0 Å². The molecule has 1 saturated heterocycles. The zero-order valence-electron chi connectivity index (χ0n) is 21.8. The molecule has 1 unspecified atom stereocenters. The number of anilines is 1. The second kappa shape index (κ2) is 11.9. The maximum atomic E-state index is 15.0. The summed E-state index contributed by atoms with van der Waals surface area (Å²) in [6, 6.07) is 7.45. The van der Waals surface area contributed by atoms with Crippen LogP contribution in [0.3, 0.4) is 0 Å². The van der Waals surface area contributed by atoms with E-state index in [-0.39, 0.29) is 12.4 Å². The number of allylic oxidation sites excluding steroid dienone is 1. The van der Waals surface area contributed by atoms with Crippen LogP contribution in [0.25, 0.3) is 11.0 Å². The van der Waals surface area contributed by atoms with Crippen molar-refractivity contribution in [3.8, 4) is 0 Å². The van der Waals surface area contributed by atoms with E-state index >= 15 is 0 Å². The minimum absolute atomic E-state index is 0.00509. The number of halogens is 2. The van der Waals surface area contributed by atoms with Gasteiger partial charge in [-0.15, -0.1) is 0 Å². The summed E-state index contributed by atoms with van der Waals surface area (Å²) in [7, 11) is 2.15. The number of hydrogen-bond donors (Lipinski definition) is 2. The van der Waals surface area contributed by atoms with Crippen molar-refractivity contribution in [2.24, 2.45) is 9.98 Å². The molecule has 1 fully saturated rings. The second-order valence-corrected chi connectivity index (χ2v) is 9.93. The normalized spacial score (nSPS) is 18.6. The molecule has 3 aromatic rings. The number of aromatic nitrogens is 3. The summed E-state index contributed by atoms with van der Waals surface area (Å²) in [5, 5.41) is 6.62. The summed E-state index contributed by atoms with van der Waals surface area (Å²) >= 11 is 0. The number of aliphatic imine (C=N–C) groups is 2. The van der Waals surface area contributed by atoms with Gasteiger partial charge in [-0.3, -0.25) is 14.9 Å². The Balaban J connectivity index is 1.29. The predicted octanol–water partition coefficient (Wildman–Crippen LogP) is 4.46. The minimum atomic E-state index is -0.693. The van der Waals surface area contributed by atoms with E-state index in [2.05, 4.69) is 49.3 Å². The van der Waals surface area contributed by atoms with Crippen molar-refractivity contribution in [3.05, 3.63) is 65.3 Å². The van der Waals surface area contributed by atoms with Gasteiger partial charge in [0.1, 0.15) is 29.5 Å². The van der Waals surface area contributed by atoms with Gasteiger partial charge < -0.3 is 15.2 Å². The first kappa shape index (κ1) is 26.1. The number of imidazole rings is 1. The lowest BCUT2D eigenvalue weighted by Crippen LogP contribution is -2.38. The molecule has 1 aromatic carbocycles. The molecule has 1 atom stereocenters. The molecule has 200 valence electrons. The van der Waals surface area contributed by atoms with Crippen LogP contribution >= 0.6 is 0 Å². The van der Waals surface area contributed by atoms with Crippen LogP contribution < -0.4 is 10.6 Å². The summed E-state index contributed by atoms with van der Waals surface area (Å²) < 4.78 is 31.9. The molecule has 0 aliphatic carbocycles. The summed E-state index contributed by atoms with van der Waals surface area (Å²) in [6.45, 7) is 7.08. The monoisotopic (exact) mass is 520 g/mol. The Morgan fingerprint density at radius 3 is 3.03 bits per heavy atom. The molecule has 2 aliphatic rings. The lowest BCUT2D eigenvalue weighted by Gasteiger charge is -2.27. The van der Waals surface area contributed by atoms with Crippen LogP contribution in [0.15, 0.2) is 52.5 Å². The van der Waals surface area contributed by atoms with Crippen LogP contribution in [0.5, 0.6) is 0 Å². The van der Waals surface area contributed by atoms with Gasteiger partial charge in [-0.2, -0.15) is 0 Å². The zero-order chi connectivity index (χ0) is 26.5. The maximum Gasteiger partial charge on any atom is 0.167 e. The van der Waals surface area contributed by atoms with Crippen LogP contribution in [-0.4, -0.2) is 64.7 Å². The molecule has 10 heteroatoms. The van der Waals surface area contributed by atoms with Crippen LogP contribution in [0.1, 0.15) is 42.6 Å². The topological polar surface area (TPSA) is 82.7 Å². The molecular weight excluding hydrogens is 486 g/mol. The third-order valence-electron chi connectivity index (χ3n) is 7.27. The average Bonchev–Trinajstić information content (AvgIpc) is 3.39. The first-order chi connectivity index (χ1) is 18.5. The molecule has 0 spiro atoms. The van der Waals surface area contributed by atoms with Crippen molar-refractivity contribution in [1.82, 2.24) is 24.8 Å². The predicted molar refractivity (Wildman–Crippen MR) is 148 cm³/mol. The van der Waals surface area contributed by atoms with Crippen molar-refractivity contribution in [1.29, 1.82) is 0 Å². The van der Waals surface area contributed by atoms with Crippen molar-refractivity contribution in [2.45, 2.75) is 51.2 Å². The number of hydrogen-bond acceptors (Lipinski definition) is 7. The van der Waals surface area contributed by atoms with Crippen LogP contribution in [0.4, 0.5) is 14.6 Å². The fourth-order valence-corrected chi connectivity index (χ4v) is 5.26. The molecule has 2 aliphatic heterocycles. The number of nitrogens with one attached hydrogen (secondary N) is 2. The Hall–Kier alpha value is -3.50. The summed E-state index contributed by atoms with van der Waals surface area (Å²) in [5.74, 6) is 0.283. The highest BCUT2D eigenvalue weighted by molar-refractivity contribution is 6.12. The van der Waals surface area contributed by atoms with E-state index in [1.54, 1.807) is 6.07 Å². The van der Waals surface area contributed by atoms with Crippen molar-refractivity contribution in [2.75, 3.05) is 32.1 Å². The van der Waals surface area contributed by atoms with Gasteiger partial charge in [0.25, 0.3) is 0 Å². The van der Waals surface area contributed by atoms with E-state index in [9.17, 15) is 8.78 Å². The van der Waals surface area contributed by atoms with E-state index in [0.29, 0.717) is 28.5 Å². The van der Waals surface area contributed by atoms with Gasteiger partial charge in [0, 0.05) is 43.9 Å². The number of fused-ring (bicyclic) bond motifs is 3. The van der Waals surface area contributed by atoms with Gasteiger partial charge >= 0.3 is 0 Å². The molecule has 4 heterocycles. The van der Waals surface area contributed by atoms with Crippen LogP contribution in [-0.2, 0) is 19.5 Å². The third-order valence-corrected chi connectivity index (χ3v) is 7.27. The van der Waals surface area contributed by atoms with Gasteiger partial charge in [-0.1, -0.05) is 12.5 Å². The molecular formula is C28H34F2N8. The fourth-order valence-electron chi connectivity index (χ4n) is 5.26. The number of benzene rings is 1. The molecule has 0 saturated carbocycles.